The van der Waals surface area contributed by atoms with E-state index in [1.165, 1.54) is 12.5 Å². The largest absolute Gasteiger partial charge is 0.478 e. The summed E-state index contributed by atoms with van der Waals surface area (Å²) in [6.07, 6.45) is 3.32. The molecule has 110 valence electrons. The number of nitrogens with one attached hydrogen (secondary N) is 1. The van der Waals surface area contributed by atoms with Gasteiger partial charge in [0.05, 0.1) is 22.6 Å². The summed E-state index contributed by atoms with van der Waals surface area (Å²) < 4.78 is 1.83. The third kappa shape index (κ3) is 1.82. The number of carboxylic acid groups (broad SMARTS) is 1. The van der Waals surface area contributed by atoms with Gasteiger partial charge in [0.1, 0.15) is 0 Å². The summed E-state index contributed by atoms with van der Waals surface area (Å²) in [4.78, 5) is 28.6. The Bertz CT molecular complexity index is 776. The van der Waals surface area contributed by atoms with Crippen molar-refractivity contribution in [2.45, 2.75) is 31.3 Å². The first-order chi connectivity index (χ1) is 10.1. The maximum atomic E-state index is 12.3. The standard InChI is InChI=1S/C15H17N3O3/c19-14(20)9-3-4-11-10(8-9)16-15(21)18(11)13-5-7-17-6-1-2-12(13)17/h3-4,8,12-13H,1-2,5-7H2,(H,16,21)(H,19,20). The molecule has 2 N–H and O–H groups in total. The van der Waals surface area contributed by atoms with Crippen LogP contribution in [0.25, 0.3) is 11.0 Å². The molecule has 2 aliphatic rings. The number of hydrogen-bond acceptors (Lipinski definition) is 3. The van der Waals surface area contributed by atoms with E-state index in [4.69, 9.17) is 5.11 Å². The number of fused-ring (bicyclic) bond motifs is 2. The summed E-state index contributed by atoms with van der Waals surface area (Å²) in [7, 11) is 0. The second kappa shape index (κ2) is 4.46. The third-order valence-electron chi connectivity index (χ3n) is 4.87. The van der Waals surface area contributed by atoms with Crippen LogP contribution in [0.1, 0.15) is 35.7 Å². The van der Waals surface area contributed by atoms with Gasteiger partial charge >= 0.3 is 11.7 Å². The molecular formula is C15H17N3O3. The monoisotopic (exact) mass is 287 g/mol. The molecule has 0 bridgehead atoms. The normalized spacial score (nSPS) is 25.5. The van der Waals surface area contributed by atoms with Gasteiger partial charge in [-0.2, -0.15) is 0 Å². The molecule has 0 saturated carbocycles. The van der Waals surface area contributed by atoms with E-state index in [1.807, 2.05) is 4.57 Å². The number of aromatic carboxylic acids is 1. The Kier molecular flexibility index (Phi) is 2.68. The molecule has 2 saturated heterocycles. The number of H-pyrrole nitrogens is 1. The van der Waals surface area contributed by atoms with E-state index in [1.54, 1.807) is 12.1 Å². The Morgan fingerprint density at radius 3 is 2.90 bits per heavy atom. The van der Waals surface area contributed by atoms with Crippen molar-refractivity contribution in [1.29, 1.82) is 0 Å². The number of aromatic amines is 1. The molecule has 0 aliphatic carbocycles. The number of aromatic nitrogens is 2. The summed E-state index contributed by atoms with van der Waals surface area (Å²) in [6.45, 7) is 2.17. The number of carboxylic acids is 1. The van der Waals surface area contributed by atoms with Gasteiger partial charge in [0.15, 0.2) is 0 Å². The highest BCUT2D eigenvalue weighted by molar-refractivity contribution is 5.92. The van der Waals surface area contributed by atoms with Crippen molar-refractivity contribution >= 4 is 17.0 Å². The Morgan fingerprint density at radius 1 is 1.24 bits per heavy atom. The molecule has 0 spiro atoms. The maximum absolute atomic E-state index is 12.3. The molecule has 6 heteroatoms. The summed E-state index contributed by atoms with van der Waals surface area (Å²) >= 11 is 0. The van der Waals surface area contributed by atoms with E-state index >= 15 is 0 Å². The average Bonchev–Trinajstić information content (AvgIpc) is 3.11. The number of nitrogens with zero attached hydrogens (tertiary/aromatic N) is 2. The van der Waals surface area contributed by atoms with Gasteiger partial charge in [-0.3, -0.25) is 9.47 Å². The highest BCUT2D eigenvalue weighted by Gasteiger charge is 2.39. The second-order valence-electron chi connectivity index (χ2n) is 5.94. The minimum absolute atomic E-state index is 0.133. The van der Waals surface area contributed by atoms with E-state index in [2.05, 4.69) is 9.88 Å². The average molecular weight is 287 g/mol. The molecule has 0 radical (unpaired) electrons. The molecule has 2 aliphatic heterocycles. The van der Waals surface area contributed by atoms with Crippen LogP contribution in [0.2, 0.25) is 0 Å². The SMILES string of the molecule is O=C(O)c1ccc2c(c1)[nH]c(=O)n2C1CCN2CCCC12. The molecule has 2 aromatic rings. The van der Waals surface area contributed by atoms with Gasteiger partial charge in [-0.05, 0) is 44.0 Å². The van der Waals surface area contributed by atoms with Crippen molar-refractivity contribution in [1.82, 2.24) is 14.5 Å². The molecule has 2 fully saturated rings. The number of benzene rings is 1. The van der Waals surface area contributed by atoms with Crippen molar-refractivity contribution < 1.29 is 9.90 Å². The number of imidazole rings is 1. The molecule has 2 unspecified atom stereocenters. The molecule has 0 amide bonds. The molecule has 1 aromatic heterocycles. The van der Waals surface area contributed by atoms with Crippen molar-refractivity contribution in [3.8, 4) is 0 Å². The highest BCUT2D eigenvalue weighted by Crippen LogP contribution is 2.36. The van der Waals surface area contributed by atoms with Crippen LogP contribution in [0.4, 0.5) is 0 Å². The van der Waals surface area contributed by atoms with Gasteiger partial charge in [-0.1, -0.05) is 0 Å². The first-order valence-corrected chi connectivity index (χ1v) is 7.37. The predicted molar refractivity (Wildman–Crippen MR) is 77.8 cm³/mol. The summed E-state index contributed by atoms with van der Waals surface area (Å²) in [5, 5.41) is 9.05. The first kappa shape index (κ1) is 12.6. The van der Waals surface area contributed by atoms with E-state index in [-0.39, 0.29) is 17.3 Å². The fraction of sp³-hybridized carbons (Fsp3) is 0.467. The number of hydrogen-bond donors (Lipinski definition) is 2. The fourth-order valence-electron chi connectivity index (χ4n) is 3.95. The van der Waals surface area contributed by atoms with E-state index in [0.29, 0.717) is 11.6 Å². The summed E-state index contributed by atoms with van der Waals surface area (Å²) in [6, 6.07) is 5.49. The lowest BCUT2D eigenvalue weighted by molar-refractivity contribution is 0.0697. The van der Waals surface area contributed by atoms with Crippen molar-refractivity contribution in [3.63, 3.8) is 0 Å². The van der Waals surface area contributed by atoms with Gasteiger partial charge in [-0.25, -0.2) is 9.59 Å². The van der Waals surface area contributed by atoms with Gasteiger partial charge in [0, 0.05) is 12.6 Å². The molecular weight excluding hydrogens is 270 g/mol. The van der Waals surface area contributed by atoms with Crippen molar-refractivity contribution in [3.05, 3.63) is 34.2 Å². The lowest BCUT2D eigenvalue weighted by Crippen LogP contribution is -2.31. The zero-order valence-electron chi connectivity index (χ0n) is 11.6. The second-order valence-corrected chi connectivity index (χ2v) is 5.94. The molecule has 2 atom stereocenters. The van der Waals surface area contributed by atoms with Crippen LogP contribution in [0, 0.1) is 0 Å². The van der Waals surface area contributed by atoms with E-state index in [0.717, 1.165) is 31.4 Å². The molecule has 3 heterocycles. The van der Waals surface area contributed by atoms with Gasteiger partial charge in [0.25, 0.3) is 0 Å². The quantitative estimate of drug-likeness (QED) is 0.876. The van der Waals surface area contributed by atoms with E-state index in [9.17, 15) is 9.59 Å². The Balaban J connectivity index is 1.83. The zero-order valence-corrected chi connectivity index (χ0v) is 11.6. The van der Waals surface area contributed by atoms with Crippen molar-refractivity contribution in [2.24, 2.45) is 0 Å². The lowest BCUT2D eigenvalue weighted by atomic mass is 10.1. The Hall–Kier alpha value is -2.08. The Morgan fingerprint density at radius 2 is 2.10 bits per heavy atom. The lowest BCUT2D eigenvalue weighted by Gasteiger charge is -2.21. The maximum Gasteiger partial charge on any atom is 0.335 e. The third-order valence-corrected chi connectivity index (χ3v) is 4.87. The minimum Gasteiger partial charge on any atom is -0.478 e. The molecule has 1 aromatic carbocycles. The topological polar surface area (TPSA) is 78.3 Å². The summed E-state index contributed by atoms with van der Waals surface area (Å²) in [5.41, 5.74) is 1.48. The smallest absolute Gasteiger partial charge is 0.335 e. The highest BCUT2D eigenvalue weighted by atomic mass is 16.4. The van der Waals surface area contributed by atoms with Gasteiger partial charge in [0.2, 0.25) is 0 Å². The van der Waals surface area contributed by atoms with Gasteiger partial charge < -0.3 is 10.1 Å². The summed E-state index contributed by atoms with van der Waals surface area (Å²) in [5.74, 6) is -0.978. The van der Waals surface area contributed by atoms with Crippen LogP contribution in [0.15, 0.2) is 23.0 Å². The number of rotatable bonds is 2. The fourth-order valence-corrected chi connectivity index (χ4v) is 3.95. The van der Waals surface area contributed by atoms with Crippen molar-refractivity contribution in [2.75, 3.05) is 13.1 Å². The van der Waals surface area contributed by atoms with E-state index < -0.39 is 5.97 Å². The van der Waals surface area contributed by atoms with Crippen LogP contribution in [-0.4, -0.2) is 44.7 Å². The van der Waals surface area contributed by atoms with Crippen LogP contribution >= 0.6 is 0 Å². The molecule has 4 rings (SSSR count). The zero-order chi connectivity index (χ0) is 14.6. The van der Waals surface area contributed by atoms with Crippen LogP contribution in [0.5, 0.6) is 0 Å². The van der Waals surface area contributed by atoms with Crippen LogP contribution < -0.4 is 5.69 Å². The Labute approximate surface area is 121 Å². The minimum atomic E-state index is -0.978. The van der Waals surface area contributed by atoms with Gasteiger partial charge in [-0.15, -0.1) is 0 Å². The first-order valence-electron chi connectivity index (χ1n) is 7.37. The molecule has 21 heavy (non-hydrogen) atoms. The predicted octanol–water partition coefficient (Wildman–Crippen LogP) is 1.44. The van der Waals surface area contributed by atoms with Crippen LogP contribution in [0.3, 0.4) is 0 Å². The number of carbonyl (C=O) groups is 1. The van der Waals surface area contributed by atoms with Crippen LogP contribution in [-0.2, 0) is 0 Å². The molecule has 6 nitrogen and oxygen atoms in total.